The molecule has 132 valence electrons. The number of hydrogen-bond donors (Lipinski definition) is 2. The van der Waals surface area contributed by atoms with E-state index in [9.17, 15) is 4.79 Å². The summed E-state index contributed by atoms with van der Waals surface area (Å²) in [5, 5.41) is 10.8. The van der Waals surface area contributed by atoms with Gasteiger partial charge < -0.3 is 5.32 Å². The fourth-order valence-corrected chi connectivity index (χ4v) is 3.08. The minimum Gasteiger partial charge on any atom is -0.310 e. The Morgan fingerprint density at radius 1 is 1.08 bits per heavy atom. The molecule has 3 aromatic rings. The summed E-state index contributed by atoms with van der Waals surface area (Å²) >= 11 is 0. The Hall–Kier alpha value is -2.73. The van der Waals surface area contributed by atoms with E-state index in [1.165, 1.54) is 18.4 Å². The lowest BCUT2D eigenvalue weighted by Gasteiger charge is -2.07. The number of carbonyl (C=O) groups is 1. The van der Waals surface area contributed by atoms with Crippen LogP contribution in [0.4, 0.5) is 5.95 Å². The highest BCUT2D eigenvalue weighted by Crippen LogP contribution is 2.30. The highest BCUT2D eigenvalue weighted by atomic mass is 16.2. The van der Waals surface area contributed by atoms with Crippen LogP contribution in [0.15, 0.2) is 42.5 Å². The zero-order chi connectivity index (χ0) is 17.5. The number of benzene rings is 1. The lowest BCUT2D eigenvalue weighted by molar-refractivity contribution is -0.117. The largest absolute Gasteiger partial charge is 0.310 e. The van der Waals surface area contributed by atoms with E-state index in [0.717, 1.165) is 36.3 Å². The summed E-state index contributed by atoms with van der Waals surface area (Å²) in [7, 11) is 0. The fourth-order valence-electron chi connectivity index (χ4n) is 3.08. The lowest BCUT2D eigenvalue weighted by atomic mass is 10.1. The van der Waals surface area contributed by atoms with Crippen molar-refractivity contribution >= 4 is 17.5 Å². The minimum atomic E-state index is 0.0231. The molecule has 2 aromatic heterocycles. The Bertz CT molecular complexity index is 954. The highest BCUT2D eigenvalue weighted by Gasteiger charge is 2.30. The molecule has 0 unspecified atom stereocenters. The number of carbonyl (C=O) groups excluding carboxylic acids is 1. The summed E-state index contributed by atoms with van der Waals surface area (Å²) in [6.45, 7) is 0.913. The van der Waals surface area contributed by atoms with Gasteiger partial charge in [-0.3, -0.25) is 10.1 Å². The van der Waals surface area contributed by atoms with Crippen molar-refractivity contribution in [3.05, 3.63) is 48.0 Å². The van der Waals surface area contributed by atoms with Crippen molar-refractivity contribution in [1.82, 2.24) is 19.9 Å². The molecule has 2 N–H and O–H groups in total. The van der Waals surface area contributed by atoms with Crippen molar-refractivity contribution in [2.24, 2.45) is 5.92 Å². The van der Waals surface area contributed by atoms with E-state index in [1.54, 1.807) is 4.52 Å². The smallest absolute Gasteiger partial charge is 0.249 e. The van der Waals surface area contributed by atoms with E-state index >= 15 is 0 Å². The number of nitrogens with zero attached hydrogens (tertiary/aromatic N) is 3. The van der Waals surface area contributed by atoms with Crippen LogP contribution in [0.3, 0.4) is 0 Å². The summed E-state index contributed by atoms with van der Waals surface area (Å²) in [6, 6.07) is 15.1. The van der Waals surface area contributed by atoms with Crippen LogP contribution in [0.25, 0.3) is 16.9 Å². The van der Waals surface area contributed by atoms with E-state index in [4.69, 9.17) is 0 Å². The number of amides is 1. The van der Waals surface area contributed by atoms with Gasteiger partial charge in [-0.25, -0.2) is 4.52 Å². The molecule has 2 saturated carbocycles. The molecule has 0 spiro atoms. The second-order valence-electron chi connectivity index (χ2n) is 7.23. The van der Waals surface area contributed by atoms with Gasteiger partial charge in [0.1, 0.15) is 0 Å². The predicted octanol–water partition coefficient (Wildman–Crippen LogP) is 3.00. The average Bonchev–Trinajstić information content (AvgIpc) is 3.57. The highest BCUT2D eigenvalue weighted by molar-refractivity contribution is 5.92. The van der Waals surface area contributed by atoms with Gasteiger partial charge in [0.15, 0.2) is 5.65 Å². The minimum absolute atomic E-state index is 0.0231. The number of fused-ring (bicyclic) bond motifs is 1. The topological polar surface area (TPSA) is 71.3 Å². The predicted molar refractivity (Wildman–Crippen MR) is 99.6 cm³/mol. The van der Waals surface area contributed by atoms with E-state index in [2.05, 4.69) is 45.0 Å². The molecule has 6 heteroatoms. The molecule has 0 aliphatic heterocycles. The number of rotatable bonds is 6. The molecule has 0 bridgehead atoms. The molecule has 0 radical (unpaired) electrons. The molecular formula is C20H21N5O. The molecule has 2 heterocycles. The summed E-state index contributed by atoms with van der Waals surface area (Å²) in [5.74, 6) is 0.535. The molecule has 5 rings (SSSR count). The summed E-state index contributed by atoms with van der Waals surface area (Å²) in [5.41, 5.74) is 4.05. The zero-order valence-electron chi connectivity index (χ0n) is 14.5. The van der Waals surface area contributed by atoms with Crippen LogP contribution in [0.5, 0.6) is 0 Å². The van der Waals surface area contributed by atoms with Crippen LogP contribution in [-0.2, 0) is 11.3 Å². The van der Waals surface area contributed by atoms with Crippen molar-refractivity contribution < 1.29 is 4.79 Å². The molecule has 1 aromatic carbocycles. The second kappa shape index (κ2) is 6.21. The SMILES string of the molecule is O=C(Nc1nc2cccc(-c3ccc(CNC4CC4)cc3)n2n1)C1CC1. The first kappa shape index (κ1) is 15.5. The first-order chi connectivity index (χ1) is 12.8. The van der Waals surface area contributed by atoms with Crippen LogP contribution >= 0.6 is 0 Å². The first-order valence-electron chi connectivity index (χ1n) is 9.25. The van der Waals surface area contributed by atoms with E-state index < -0.39 is 0 Å². The zero-order valence-corrected chi connectivity index (χ0v) is 14.5. The van der Waals surface area contributed by atoms with Crippen molar-refractivity contribution in [3.63, 3.8) is 0 Å². The van der Waals surface area contributed by atoms with Gasteiger partial charge in [0.25, 0.3) is 0 Å². The van der Waals surface area contributed by atoms with E-state index in [-0.39, 0.29) is 11.8 Å². The maximum absolute atomic E-state index is 12.0. The molecule has 0 saturated heterocycles. The van der Waals surface area contributed by atoms with Crippen molar-refractivity contribution in [3.8, 4) is 11.3 Å². The van der Waals surface area contributed by atoms with Crippen molar-refractivity contribution in [2.75, 3.05) is 5.32 Å². The monoisotopic (exact) mass is 347 g/mol. The first-order valence-corrected chi connectivity index (χ1v) is 9.25. The van der Waals surface area contributed by atoms with Crippen LogP contribution in [0.1, 0.15) is 31.2 Å². The Balaban J connectivity index is 1.40. The van der Waals surface area contributed by atoms with Crippen molar-refractivity contribution in [2.45, 2.75) is 38.3 Å². The van der Waals surface area contributed by atoms with Crippen LogP contribution in [-0.4, -0.2) is 26.5 Å². The van der Waals surface area contributed by atoms with Gasteiger partial charge in [-0.15, -0.1) is 5.10 Å². The van der Waals surface area contributed by atoms with Crippen LogP contribution in [0, 0.1) is 5.92 Å². The van der Waals surface area contributed by atoms with E-state index in [0.29, 0.717) is 12.0 Å². The average molecular weight is 347 g/mol. The van der Waals surface area contributed by atoms with Crippen LogP contribution < -0.4 is 10.6 Å². The third-order valence-electron chi connectivity index (χ3n) is 4.96. The maximum atomic E-state index is 12.0. The molecule has 2 aliphatic rings. The molecule has 2 fully saturated rings. The van der Waals surface area contributed by atoms with Gasteiger partial charge in [0.05, 0.1) is 5.69 Å². The normalized spacial score (nSPS) is 16.8. The number of anilines is 1. The Morgan fingerprint density at radius 3 is 2.62 bits per heavy atom. The number of hydrogen-bond acceptors (Lipinski definition) is 4. The quantitative estimate of drug-likeness (QED) is 0.719. The molecule has 26 heavy (non-hydrogen) atoms. The summed E-state index contributed by atoms with van der Waals surface area (Å²) in [4.78, 5) is 16.4. The fraction of sp³-hybridized carbons (Fsp3) is 0.350. The standard InChI is InChI=1S/C20H21N5O/c26-19(15-8-9-15)23-20-22-18-3-1-2-17(25(18)24-20)14-6-4-13(5-7-14)12-21-16-10-11-16/h1-7,15-16,21H,8-12H2,(H,23,24,26). The Morgan fingerprint density at radius 2 is 1.88 bits per heavy atom. The van der Waals surface area contributed by atoms with Gasteiger partial charge in [0.2, 0.25) is 11.9 Å². The Labute approximate surface area is 151 Å². The van der Waals surface area contributed by atoms with Crippen molar-refractivity contribution in [1.29, 1.82) is 0 Å². The van der Waals surface area contributed by atoms with Gasteiger partial charge >= 0.3 is 0 Å². The molecular weight excluding hydrogens is 326 g/mol. The molecule has 6 nitrogen and oxygen atoms in total. The third kappa shape index (κ3) is 3.20. The maximum Gasteiger partial charge on any atom is 0.249 e. The number of aromatic nitrogens is 3. The molecule has 2 aliphatic carbocycles. The second-order valence-corrected chi connectivity index (χ2v) is 7.23. The molecule has 1 amide bonds. The van der Waals surface area contributed by atoms with E-state index in [1.807, 2.05) is 18.2 Å². The number of pyridine rings is 1. The number of nitrogens with one attached hydrogen (secondary N) is 2. The van der Waals surface area contributed by atoms with Gasteiger partial charge in [-0.2, -0.15) is 4.98 Å². The third-order valence-corrected chi connectivity index (χ3v) is 4.96. The van der Waals surface area contributed by atoms with Gasteiger partial charge in [0, 0.05) is 24.1 Å². The summed E-state index contributed by atoms with van der Waals surface area (Å²) in [6.07, 6.45) is 4.52. The van der Waals surface area contributed by atoms with Gasteiger partial charge in [-0.1, -0.05) is 30.3 Å². The summed E-state index contributed by atoms with van der Waals surface area (Å²) < 4.78 is 1.79. The van der Waals surface area contributed by atoms with Crippen LogP contribution in [0.2, 0.25) is 0 Å². The molecule has 0 atom stereocenters. The van der Waals surface area contributed by atoms with Gasteiger partial charge in [-0.05, 0) is 43.4 Å². The lowest BCUT2D eigenvalue weighted by Crippen LogP contribution is -2.15. The Kier molecular flexibility index (Phi) is 3.71.